The quantitative estimate of drug-likeness (QED) is 0.564. The summed E-state index contributed by atoms with van der Waals surface area (Å²) in [4.78, 5) is 3.05. The molecule has 0 unspecified atom stereocenters. The van der Waals surface area contributed by atoms with Crippen molar-refractivity contribution in [3.05, 3.63) is 24.0 Å². The summed E-state index contributed by atoms with van der Waals surface area (Å²) in [5.41, 5.74) is 1.44. The first-order valence-corrected chi connectivity index (χ1v) is 3.30. The van der Waals surface area contributed by atoms with Gasteiger partial charge in [-0.15, -0.1) is 0 Å². The summed E-state index contributed by atoms with van der Waals surface area (Å²) in [6, 6.07) is 2.14. The molecule has 0 bridgehead atoms. The van der Waals surface area contributed by atoms with Gasteiger partial charge in [-0.05, 0) is 11.6 Å². The van der Waals surface area contributed by atoms with E-state index in [2.05, 4.69) is 22.6 Å². The van der Waals surface area contributed by atoms with Crippen LogP contribution in [0.2, 0.25) is 0 Å². The molecule has 0 radical (unpaired) electrons. The maximum Gasteiger partial charge on any atom is 0.0103 e. The maximum absolute atomic E-state index is 3.24. The summed E-state index contributed by atoms with van der Waals surface area (Å²) in [5, 5.41) is 3.24. The third kappa shape index (κ3) is 0.754. The highest BCUT2D eigenvalue weighted by atomic mass is 14.9. The van der Waals surface area contributed by atoms with Crippen LogP contribution >= 0.6 is 0 Å². The van der Waals surface area contributed by atoms with E-state index in [1.165, 1.54) is 5.56 Å². The largest absolute Gasteiger partial charge is 0.367 e. The lowest BCUT2D eigenvalue weighted by Crippen LogP contribution is -2.39. The maximum atomic E-state index is 3.24. The molecule has 0 aliphatic carbocycles. The molecule has 0 saturated carbocycles. The molecule has 2 nitrogen and oxygen atoms in total. The van der Waals surface area contributed by atoms with Crippen LogP contribution in [0.1, 0.15) is 11.5 Å². The van der Waals surface area contributed by atoms with Gasteiger partial charge in [-0.1, -0.05) is 0 Å². The number of aromatic amines is 1. The van der Waals surface area contributed by atoms with E-state index in [9.17, 15) is 0 Å². The summed E-state index contributed by atoms with van der Waals surface area (Å²) in [7, 11) is 0. The molecule has 48 valence electrons. The van der Waals surface area contributed by atoms with E-state index in [0.29, 0.717) is 0 Å². The number of hydrogen-bond acceptors (Lipinski definition) is 1. The van der Waals surface area contributed by atoms with E-state index >= 15 is 0 Å². The van der Waals surface area contributed by atoms with Gasteiger partial charge in [0.1, 0.15) is 0 Å². The lowest BCUT2D eigenvalue weighted by atomic mass is 9.97. The van der Waals surface area contributed by atoms with Crippen molar-refractivity contribution in [2.75, 3.05) is 13.1 Å². The lowest BCUT2D eigenvalue weighted by Gasteiger charge is -2.25. The highest BCUT2D eigenvalue weighted by Crippen LogP contribution is 2.17. The van der Waals surface area contributed by atoms with Gasteiger partial charge in [-0.2, -0.15) is 0 Å². The Morgan fingerprint density at radius 1 is 1.44 bits per heavy atom. The van der Waals surface area contributed by atoms with E-state index in [1.807, 2.05) is 6.20 Å². The molecular weight excluding hydrogens is 112 g/mol. The minimum Gasteiger partial charge on any atom is -0.367 e. The third-order valence-corrected chi connectivity index (χ3v) is 1.87. The fraction of sp³-hybridized carbons (Fsp3) is 0.429. The summed E-state index contributed by atoms with van der Waals surface area (Å²) >= 11 is 0. The first-order chi connectivity index (χ1) is 4.47. The molecular formula is C7H10N2. The van der Waals surface area contributed by atoms with E-state index in [4.69, 9.17) is 0 Å². The Morgan fingerprint density at radius 2 is 2.33 bits per heavy atom. The van der Waals surface area contributed by atoms with Crippen LogP contribution in [-0.4, -0.2) is 18.1 Å². The van der Waals surface area contributed by atoms with Crippen LogP contribution in [0.15, 0.2) is 18.5 Å². The number of rotatable bonds is 1. The zero-order valence-electron chi connectivity index (χ0n) is 5.22. The van der Waals surface area contributed by atoms with Crippen molar-refractivity contribution in [2.24, 2.45) is 0 Å². The predicted molar refractivity (Wildman–Crippen MR) is 36.4 cm³/mol. The van der Waals surface area contributed by atoms with Gasteiger partial charge >= 0.3 is 0 Å². The first kappa shape index (κ1) is 5.06. The Labute approximate surface area is 54.3 Å². The van der Waals surface area contributed by atoms with Crippen LogP contribution in [0.3, 0.4) is 0 Å². The summed E-state index contributed by atoms with van der Waals surface area (Å²) in [6.07, 6.45) is 4.05. The van der Waals surface area contributed by atoms with Gasteiger partial charge in [0.15, 0.2) is 0 Å². The highest BCUT2D eigenvalue weighted by Gasteiger charge is 2.18. The molecule has 0 atom stereocenters. The van der Waals surface area contributed by atoms with Crippen molar-refractivity contribution in [1.29, 1.82) is 0 Å². The van der Waals surface area contributed by atoms with Crippen LogP contribution < -0.4 is 5.32 Å². The van der Waals surface area contributed by atoms with Crippen molar-refractivity contribution in [2.45, 2.75) is 5.92 Å². The average molecular weight is 122 g/mol. The van der Waals surface area contributed by atoms with Crippen LogP contribution in [0.25, 0.3) is 0 Å². The molecule has 2 heterocycles. The molecule has 0 spiro atoms. The van der Waals surface area contributed by atoms with Crippen LogP contribution in [0, 0.1) is 0 Å². The molecule has 1 aliphatic rings. The summed E-state index contributed by atoms with van der Waals surface area (Å²) < 4.78 is 0. The minimum absolute atomic E-state index is 0.774. The van der Waals surface area contributed by atoms with Crippen LogP contribution in [0.5, 0.6) is 0 Å². The molecule has 1 saturated heterocycles. The molecule has 1 fully saturated rings. The van der Waals surface area contributed by atoms with Crippen molar-refractivity contribution < 1.29 is 0 Å². The van der Waals surface area contributed by atoms with Gasteiger partial charge in [0.2, 0.25) is 0 Å². The molecule has 9 heavy (non-hydrogen) atoms. The zero-order valence-corrected chi connectivity index (χ0v) is 5.22. The molecule has 2 rings (SSSR count). The van der Waals surface area contributed by atoms with Gasteiger partial charge in [0.25, 0.3) is 0 Å². The van der Waals surface area contributed by atoms with E-state index in [1.54, 1.807) is 0 Å². The molecule has 2 heteroatoms. The highest BCUT2D eigenvalue weighted by molar-refractivity contribution is 5.18. The standard InChI is InChI=1S/C7H10N2/c1-2-8-3-6(1)7-4-9-5-7/h1-3,7-9H,4-5H2. The van der Waals surface area contributed by atoms with Crippen LogP contribution in [-0.2, 0) is 0 Å². The number of nitrogens with one attached hydrogen (secondary N) is 2. The second-order valence-corrected chi connectivity index (χ2v) is 2.50. The van der Waals surface area contributed by atoms with Gasteiger partial charge in [0, 0.05) is 31.4 Å². The lowest BCUT2D eigenvalue weighted by molar-refractivity contribution is 0.449. The number of hydrogen-bond donors (Lipinski definition) is 2. The average Bonchev–Trinajstić information content (AvgIpc) is 2.11. The Balaban J connectivity index is 2.14. The smallest absolute Gasteiger partial charge is 0.0103 e. The molecule has 0 amide bonds. The molecule has 2 N–H and O–H groups in total. The van der Waals surface area contributed by atoms with E-state index in [-0.39, 0.29) is 0 Å². The fourth-order valence-electron chi connectivity index (χ4n) is 1.12. The summed E-state index contributed by atoms with van der Waals surface area (Å²) in [6.45, 7) is 2.30. The first-order valence-electron chi connectivity index (χ1n) is 3.30. The third-order valence-electron chi connectivity index (χ3n) is 1.87. The second-order valence-electron chi connectivity index (χ2n) is 2.50. The van der Waals surface area contributed by atoms with Gasteiger partial charge < -0.3 is 10.3 Å². The Hall–Kier alpha value is -0.760. The Bertz CT molecular complexity index is 175. The van der Waals surface area contributed by atoms with E-state index in [0.717, 1.165) is 19.0 Å². The van der Waals surface area contributed by atoms with Gasteiger partial charge in [0.05, 0.1) is 0 Å². The normalized spacial score (nSPS) is 19.6. The van der Waals surface area contributed by atoms with Crippen molar-refractivity contribution in [3.8, 4) is 0 Å². The predicted octanol–water partition coefficient (Wildman–Crippen LogP) is 0.701. The van der Waals surface area contributed by atoms with Gasteiger partial charge in [-0.25, -0.2) is 0 Å². The van der Waals surface area contributed by atoms with E-state index < -0.39 is 0 Å². The fourth-order valence-corrected chi connectivity index (χ4v) is 1.12. The molecule has 1 aliphatic heterocycles. The monoisotopic (exact) mass is 122 g/mol. The molecule has 1 aromatic heterocycles. The summed E-state index contributed by atoms with van der Waals surface area (Å²) in [5.74, 6) is 0.774. The number of aromatic nitrogens is 1. The topological polar surface area (TPSA) is 27.8 Å². The van der Waals surface area contributed by atoms with Crippen molar-refractivity contribution in [3.63, 3.8) is 0 Å². The minimum atomic E-state index is 0.774. The van der Waals surface area contributed by atoms with Gasteiger partial charge in [-0.3, -0.25) is 0 Å². The van der Waals surface area contributed by atoms with Crippen molar-refractivity contribution >= 4 is 0 Å². The number of H-pyrrole nitrogens is 1. The van der Waals surface area contributed by atoms with Crippen molar-refractivity contribution in [1.82, 2.24) is 10.3 Å². The van der Waals surface area contributed by atoms with Crippen LogP contribution in [0.4, 0.5) is 0 Å². The second kappa shape index (κ2) is 1.88. The SMILES string of the molecule is c1cc(C2CNC2)c[nH]1. The Morgan fingerprint density at radius 3 is 2.78 bits per heavy atom. The molecule has 0 aromatic carbocycles. The molecule has 1 aromatic rings. The Kier molecular flexibility index (Phi) is 1.06. The zero-order chi connectivity index (χ0) is 6.10.